The van der Waals surface area contributed by atoms with Crippen LogP contribution in [0.1, 0.15) is 72.3 Å². The monoisotopic (exact) mass is 527 g/mol. The number of alkyl carbamates (subject to hydrolysis) is 1. The van der Waals surface area contributed by atoms with Gasteiger partial charge < -0.3 is 19.9 Å². The molecule has 4 aromatic rings. The van der Waals surface area contributed by atoms with E-state index in [0.717, 1.165) is 53.7 Å². The number of carbonyl (C=O) groups excluding carboxylic acids is 1. The molecule has 2 heterocycles. The topological polar surface area (TPSA) is 102 Å². The summed E-state index contributed by atoms with van der Waals surface area (Å²) in [5.41, 5.74) is 4.79. The minimum Gasteiger partial charge on any atom is -0.478 e. The molecule has 202 valence electrons. The Balaban J connectivity index is 1.53. The number of carboxylic acids is 1. The molecular formula is C31H33N3O5. The number of aromatic carboxylic acids is 1. The number of imidazole rings is 1. The van der Waals surface area contributed by atoms with Crippen LogP contribution in [0.2, 0.25) is 0 Å². The first-order valence-electron chi connectivity index (χ1n) is 13.5. The third kappa shape index (κ3) is 5.74. The molecule has 1 fully saturated rings. The molecule has 1 aliphatic rings. The van der Waals surface area contributed by atoms with E-state index in [1.807, 2.05) is 66.9 Å². The molecule has 2 N–H and O–H groups in total. The molecule has 5 rings (SSSR count). The molecule has 2 aromatic heterocycles. The van der Waals surface area contributed by atoms with E-state index in [9.17, 15) is 14.7 Å². The predicted molar refractivity (Wildman–Crippen MR) is 148 cm³/mol. The van der Waals surface area contributed by atoms with E-state index in [0.29, 0.717) is 18.1 Å². The van der Waals surface area contributed by atoms with Crippen molar-refractivity contribution < 1.29 is 24.2 Å². The third-order valence-electron chi connectivity index (χ3n) is 7.21. The number of aryl methyl sites for hydroxylation is 1. The summed E-state index contributed by atoms with van der Waals surface area (Å²) in [5.74, 6) is -0.485. The maximum Gasteiger partial charge on any atom is 0.408 e. The summed E-state index contributed by atoms with van der Waals surface area (Å²) >= 11 is 0. The summed E-state index contributed by atoms with van der Waals surface area (Å²) in [5, 5.41) is 12.7. The standard InChI is InChI=1S/C31H33N3O5/c1-3-38-27-19-34-26(18-13-20(2)29(34)33-27)28(39-31(37)32-23-9-5-4-6-10-23)22-16-14-21(15-17-22)24-11-7-8-12-25(24)30(35)36/h7-8,11-19,23,28H,3-6,9-10H2,1-2H3,(H,32,37)(H,35,36)/t28-/m1/s1. The van der Waals surface area contributed by atoms with Crippen molar-refractivity contribution in [2.75, 3.05) is 6.61 Å². The van der Waals surface area contributed by atoms with Gasteiger partial charge in [-0.25, -0.2) is 9.59 Å². The lowest BCUT2D eigenvalue weighted by Crippen LogP contribution is -2.37. The molecule has 0 saturated heterocycles. The molecule has 8 nitrogen and oxygen atoms in total. The van der Waals surface area contributed by atoms with Gasteiger partial charge in [-0.1, -0.05) is 67.8 Å². The number of ether oxygens (including phenoxy) is 2. The lowest BCUT2D eigenvalue weighted by atomic mass is 9.96. The van der Waals surface area contributed by atoms with E-state index >= 15 is 0 Å². The lowest BCUT2D eigenvalue weighted by molar-refractivity contribution is 0.0697. The number of amides is 1. The van der Waals surface area contributed by atoms with Gasteiger partial charge >= 0.3 is 12.1 Å². The van der Waals surface area contributed by atoms with Gasteiger partial charge in [-0.15, -0.1) is 0 Å². The Hall–Kier alpha value is -4.33. The molecule has 1 saturated carbocycles. The fourth-order valence-corrected chi connectivity index (χ4v) is 5.24. The van der Waals surface area contributed by atoms with Crippen LogP contribution in [0.3, 0.4) is 0 Å². The Morgan fingerprint density at radius 1 is 1.05 bits per heavy atom. The van der Waals surface area contributed by atoms with E-state index < -0.39 is 18.2 Å². The van der Waals surface area contributed by atoms with Crippen molar-refractivity contribution in [2.24, 2.45) is 0 Å². The number of hydrogen-bond acceptors (Lipinski definition) is 5. The fourth-order valence-electron chi connectivity index (χ4n) is 5.24. The van der Waals surface area contributed by atoms with Crippen molar-refractivity contribution in [2.45, 2.75) is 58.1 Å². The van der Waals surface area contributed by atoms with Crippen molar-refractivity contribution in [3.8, 4) is 17.0 Å². The normalized spacial score (nSPS) is 14.6. The lowest BCUT2D eigenvalue weighted by Gasteiger charge is -2.25. The summed E-state index contributed by atoms with van der Waals surface area (Å²) in [6.07, 6.45) is 5.90. The number of nitrogens with one attached hydrogen (secondary N) is 1. The number of fused-ring (bicyclic) bond motifs is 1. The molecule has 0 unspecified atom stereocenters. The van der Waals surface area contributed by atoms with Crippen molar-refractivity contribution in [1.82, 2.24) is 14.7 Å². The molecule has 1 aliphatic carbocycles. The zero-order chi connectivity index (χ0) is 27.4. The largest absolute Gasteiger partial charge is 0.478 e. The molecular weight excluding hydrogens is 494 g/mol. The highest BCUT2D eigenvalue weighted by Crippen LogP contribution is 2.32. The molecule has 0 bridgehead atoms. The molecule has 1 amide bonds. The molecule has 0 radical (unpaired) electrons. The molecule has 1 atom stereocenters. The summed E-state index contributed by atoms with van der Waals surface area (Å²) in [6.45, 7) is 4.37. The SMILES string of the molecule is CCOc1cn2c([C@H](OC(=O)NC3CCCCC3)c3ccc(-c4ccccc4C(=O)O)cc3)ccc(C)c2n1. The number of carbonyl (C=O) groups is 2. The number of rotatable bonds is 8. The molecule has 39 heavy (non-hydrogen) atoms. The summed E-state index contributed by atoms with van der Waals surface area (Å²) in [4.78, 5) is 29.5. The number of nitrogens with zero attached hydrogens (tertiary/aromatic N) is 2. The second-order valence-electron chi connectivity index (χ2n) is 9.88. The van der Waals surface area contributed by atoms with E-state index in [1.54, 1.807) is 18.2 Å². The zero-order valence-corrected chi connectivity index (χ0v) is 22.2. The number of hydrogen-bond donors (Lipinski definition) is 2. The van der Waals surface area contributed by atoms with Crippen molar-refractivity contribution in [1.29, 1.82) is 0 Å². The van der Waals surface area contributed by atoms with Crippen LogP contribution in [0.4, 0.5) is 4.79 Å². The molecule has 0 aliphatic heterocycles. The van der Waals surface area contributed by atoms with Crippen LogP contribution in [-0.2, 0) is 4.74 Å². The van der Waals surface area contributed by atoms with Gasteiger partial charge in [-0.3, -0.25) is 4.40 Å². The number of aromatic nitrogens is 2. The highest BCUT2D eigenvalue weighted by Gasteiger charge is 2.25. The average molecular weight is 528 g/mol. The van der Waals surface area contributed by atoms with E-state index in [2.05, 4.69) is 10.3 Å². The summed E-state index contributed by atoms with van der Waals surface area (Å²) in [7, 11) is 0. The van der Waals surface area contributed by atoms with Gasteiger partial charge in [0.2, 0.25) is 5.88 Å². The van der Waals surface area contributed by atoms with Crippen molar-refractivity contribution in [3.63, 3.8) is 0 Å². The summed E-state index contributed by atoms with van der Waals surface area (Å²) in [6, 6.07) is 18.4. The Labute approximate surface area is 227 Å². The van der Waals surface area contributed by atoms with Gasteiger partial charge in [-0.2, -0.15) is 4.98 Å². The van der Waals surface area contributed by atoms with Crippen LogP contribution >= 0.6 is 0 Å². The maximum atomic E-state index is 13.1. The second-order valence-corrected chi connectivity index (χ2v) is 9.88. The van der Waals surface area contributed by atoms with Crippen LogP contribution in [0.25, 0.3) is 16.8 Å². The second kappa shape index (κ2) is 11.6. The minimum absolute atomic E-state index is 0.109. The smallest absolute Gasteiger partial charge is 0.408 e. The first-order chi connectivity index (χ1) is 18.9. The van der Waals surface area contributed by atoms with E-state index in [-0.39, 0.29) is 11.6 Å². The summed E-state index contributed by atoms with van der Waals surface area (Å²) < 4.78 is 13.7. The Morgan fingerprint density at radius 2 is 1.79 bits per heavy atom. The fraction of sp³-hybridized carbons (Fsp3) is 0.323. The van der Waals surface area contributed by atoms with Crippen LogP contribution in [0.15, 0.2) is 66.9 Å². The predicted octanol–water partition coefficient (Wildman–Crippen LogP) is 6.55. The van der Waals surface area contributed by atoms with E-state index in [4.69, 9.17) is 9.47 Å². The van der Waals surface area contributed by atoms with Gasteiger partial charge in [-0.05, 0) is 61.1 Å². The first kappa shape index (κ1) is 26.3. The Bertz CT molecular complexity index is 1470. The van der Waals surface area contributed by atoms with Crippen LogP contribution < -0.4 is 10.1 Å². The highest BCUT2D eigenvalue weighted by molar-refractivity contribution is 5.96. The van der Waals surface area contributed by atoms with Gasteiger partial charge in [0.05, 0.1) is 24.1 Å². The van der Waals surface area contributed by atoms with E-state index in [1.165, 1.54) is 6.42 Å². The molecule has 2 aromatic carbocycles. The maximum absolute atomic E-state index is 13.1. The van der Waals surface area contributed by atoms with Gasteiger partial charge in [0.15, 0.2) is 6.10 Å². The number of pyridine rings is 1. The zero-order valence-electron chi connectivity index (χ0n) is 22.2. The van der Waals surface area contributed by atoms with Crippen molar-refractivity contribution in [3.05, 3.63) is 89.2 Å². The Morgan fingerprint density at radius 3 is 2.51 bits per heavy atom. The van der Waals surface area contributed by atoms with Crippen LogP contribution in [0.5, 0.6) is 5.88 Å². The minimum atomic E-state index is -0.984. The first-order valence-corrected chi connectivity index (χ1v) is 13.5. The quantitative estimate of drug-likeness (QED) is 0.269. The number of carboxylic acid groups (broad SMARTS) is 1. The highest BCUT2D eigenvalue weighted by atomic mass is 16.6. The van der Waals surface area contributed by atoms with Crippen LogP contribution in [0, 0.1) is 6.92 Å². The van der Waals surface area contributed by atoms with Gasteiger partial charge in [0, 0.05) is 6.04 Å². The third-order valence-corrected chi connectivity index (χ3v) is 7.21. The van der Waals surface area contributed by atoms with Gasteiger partial charge in [0.25, 0.3) is 0 Å². The van der Waals surface area contributed by atoms with Crippen molar-refractivity contribution >= 4 is 17.7 Å². The Kier molecular flexibility index (Phi) is 7.81. The number of benzene rings is 2. The van der Waals surface area contributed by atoms with Crippen LogP contribution in [-0.4, -0.2) is 39.2 Å². The van der Waals surface area contributed by atoms with Gasteiger partial charge in [0.1, 0.15) is 5.65 Å². The average Bonchev–Trinajstić information content (AvgIpc) is 3.38. The molecule has 0 spiro atoms. The molecule has 8 heteroatoms.